The summed E-state index contributed by atoms with van der Waals surface area (Å²) < 4.78 is 32.9. The average molecular weight is 593 g/mol. The van der Waals surface area contributed by atoms with Gasteiger partial charge < -0.3 is 28.4 Å². The van der Waals surface area contributed by atoms with Gasteiger partial charge in [-0.1, -0.05) is 0 Å². The molecule has 0 aliphatic carbocycles. The van der Waals surface area contributed by atoms with Crippen LogP contribution in [0, 0.1) is 22.7 Å². The molecule has 0 saturated carbocycles. The normalized spacial score (nSPS) is 10.2. The van der Waals surface area contributed by atoms with Gasteiger partial charge in [-0.15, -0.1) is 0 Å². The first-order valence-corrected chi connectivity index (χ1v) is 13.6. The Morgan fingerprint density at radius 1 is 0.455 bits per heavy atom. The number of rotatable bonds is 15. The van der Waals surface area contributed by atoms with Crippen molar-refractivity contribution in [3.8, 4) is 35.1 Å². The average Bonchev–Trinajstić information content (AvgIpc) is 3.06. The zero-order valence-electron chi connectivity index (χ0n) is 23.6. The number of benzene rings is 4. The molecular formula is C34H28N2O8. The minimum atomic E-state index is -0.508. The van der Waals surface area contributed by atoms with E-state index in [2.05, 4.69) is 0 Å². The second-order valence-corrected chi connectivity index (χ2v) is 9.02. The predicted molar refractivity (Wildman–Crippen MR) is 158 cm³/mol. The van der Waals surface area contributed by atoms with E-state index < -0.39 is 11.9 Å². The van der Waals surface area contributed by atoms with Crippen LogP contribution in [-0.2, 0) is 9.47 Å². The fourth-order valence-electron chi connectivity index (χ4n) is 3.66. The summed E-state index contributed by atoms with van der Waals surface area (Å²) in [5.41, 5.74) is 1.71. The topological polar surface area (TPSA) is 137 Å². The van der Waals surface area contributed by atoms with E-state index in [0.29, 0.717) is 84.9 Å². The molecular weight excluding hydrogens is 564 g/mol. The molecule has 0 N–H and O–H groups in total. The number of esters is 2. The quantitative estimate of drug-likeness (QED) is 0.101. The van der Waals surface area contributed by atoms with Crippen molar-refractivity contribution in [1.82, 2.24) is 0 Å². The minimum Gasteiger partial charge on any atom is -0.491 e. The molecule has 4 rings (SSSR count). The molecule has 0 heterocycles. The van der Waals surface area contributed by atoms with E-state index in [9.17, 15) is 9.59 Å². The van der Waals surface area contributed by atoms with E-state index in [1.165, 1.54) is 0 Å². The molecule has 0 aromatic heterocycles. The zero-order chi connectivity index (χ0) is 31.0. The Morgan fingerprint density at radius 2 is 0.773 bits per heavy atom. The SMILES string of the molecule is N#Cc1ccc(OC(=O)c2ccc(OCCOCCOCCOc3ccc(C(=O)Oc4ccc(C#N)cc4)cc3)cc2)cc1. The number of nitrogens with zero attached hydrogens (tertiary/aromatic N) is 2. The van der Waals surface area contributed by atoms with Gasteiger partial charge in [0, 0.05) is 0 Å². The van der Waals surface area contributed by atoms with Crippen LogP contribution in [0.1, 0.15) is 31.8 Å². The highest BCUT2D eigenvalue weighted by Gasteiger charge is 2.10. The summed E-state index contributed by atoms with van der Waals surface area (Å²) in [7, 11) is 0. The van der Waals surface area contributed by atoms with Gasteiger partial charge in [0.2, 0.25) is 0 Å². The van der Waals surface area contributed by atoms with Crippen molar-refractivity contribution in [1.29, 1.82) is 10.5 Å². The van der Waals surface area contributed by atoms with Gasteiger partial charge in [-0.2, -0.15) is 10.5 Å². The first kappa shape index (κ1) is 31.3. The molecule has 0 bridgehead atoms. The van der Waals surface area contributed by atoms with Gasteiger partial charge in [0.1, 0.15) is 36.2 Å². The Morgan fingerprint density at radius 3 is 1.11 bits per heavy atom. The third-order valence-corrected chi connectivity index (χ3v) is 5.93. The number of nitriles is 2. The van der Waals surface area contributed by atoms with Crippen molar-refractivity contribution < 1.29 is 38.0 Å². The maximum atomic E-state index is 12.3. The zero-order valence-corrected chi connectivity index (χ0v) is 23.6. The van der Waals surface area contributed by atoms with Gasteiger partial charge in [-0.05, 0) is 97.1 Å². The van der Waals surface area contributed by atoms with Crippen LogP contribution in [0.5, 0.6) is 23.0 Å². The van der Waals surface area contributed by atoms with Crippen molar-refractivity contribution in [3.63, 3.8) is 0 Å². The molecule has 0 fully saturated rings. The van der Waals surface area contributed by atoms with Crippen molar-refractivity contribution in [3.05, 3.63) is 119 Å². The Bertz CT molecular complexity index is 1470. The number of ether oxygens (including phenoxy) is 6. The fourth-order valence-corrected chi connectivity index (χ4v) is 3.66. The molecule has 0 unspecified atom stereocenters. The summed E-state index contributed by atoms with van der Waals surface area (Å²) >= 11 is 0. The van der Waals surface area contributed by atoms with E-state index in [0.717, 1.165) is 0 Å². The van der Waals surface area contributed by atoms with Gasteiger partial charge in [0.05, 0.1) is 60.8 Å². The lowest BCUT2D eigenvalue weighted by Gasteiger charge is -2.10. The van der Waals surface area contributed by atoms with Gasteiger partial charge in [0.15, 0.2) is 0 Å². The minimum absolute atomic E-state index is 0.329. The summed E-state index contributed by atoms with van der Waals surface area (Å²) in [4.78, 5) is 24.6. The van der Waals surface area contributed by atoms with Crippen LogP contribution in [0.2, 0.25) is 0 Å². The molecule has 0 spiro atoms. The highest BCUT2D eigenvalue weighted by atomic mass is 16.6. The highest BCUT2D eigenvalue weighted by Crippen LogP contribution is 2.18. The van der Waals surface area contributed by atoms with E-state index in [4.69, 9.17) is 38.9 Å². The van der Waals surface area contributed by atoms with Crippen molar-refractivity contribution in [2.24, 2.45) is 0 Å². The monoisotopic (exact) mass is 592 g/mol. The number of hydrogen-bond donors (Lipinski definition) is 0. The molecule has 44 heavy (non-hydrogen) atoms. The van der Waals surface area contributed by atoms with Crippen LogP contribution in [0.15, 0.2) is 97.1 Å². The molecule has 10 heteroatoms. The maximum absolute atomic E-state index is 12.3. The third-order valence-electron chi connectivity index (χ3n) is 5.93. The first-order chi connectivity index (χ1) is 21.5. The predicted octanol–water partition coefficient (Wildman–Crippen LogP) is 5.36. The number of hydrogen-bond acceptors (Lipinski definition) is 10. The van der Waals surface area contributed by atoms with E-state index in [1.807, 2.05) is 12.1 Å². The highest BCUT2D eigenvalue weighted by molar-refractivity contribution is 5.91. The lowest BCUT2D eigenvalue weighted by molar-refractivity contribution is 0.0273. The largest absolute Gasteiger partial charge is 0.491 e. The molecule has 0 atom stereocenters. The maximum Gasteiger partial charge on any atom is 0.343 e. The fraction of sp³-hybridized carbons (Fsp3) is 0.176. The number of carbonyl (C=O) groups excluding carboxylic acids is 2. The second-order valence-electron chi connectivity index (χ2n) is 9.02. The van der Waals surface area contributed by atoms with Gasteiger partial charge in [-0.3, -0.25) is 0 Å². The Kier molecular flexibility index (Phi) is 11.9. The molecule has 4 aromatic rings. The molecule has 0 saturated heterocycles. The van der Waals surface area contributed by atoms with Crippen LogP contribution < -0.4 is 18.9 Å². The third kappa shape index (κ3) is 10.00. The van der Waals surface area contributed by atoms with Gasteiger partial charge >= 0.3 is 11.9 Å². The number of carbonyl (C=O) groups is 2. The standard InChI is InChI=1S/C34H28N2O8/c35-23-25-1-9-31(10-2-25)43-33(37)27-5-13-29(14-6-27)41-21-19-39-17-18-40-20-22-42-30-15-7-28(8-16-30)34(38)44-32-11-3-26(24-36)4-12-32/h1-16H,17-22H2. The molecule has 10 nitrogen and oxygen atoms in total. The summed E-state index contributed by atoms with van der Waals surface area (Å²) in [6.45, 7) is 2.16. The lowest BCUT2D eigenvalue weighted by atomic mass is 10.2. The Balaban J connectivity index is 1.02. The summed E-state index contributed by atoms with van der Waals surface area (Å²) in [5, 5.41) is 17.7. The van der Waals surface area contributed by atoms with Gasteiger partial charge in [-0.25, -0.2) is 9.59 Å². The van der Waals surface area contributed by atoms with Crippen molar-refractivity contribution >= 4 is 11.9 Å². The molecule has 222 valence electrons. The van der Waals surface area contributed by atoms with Crippen LogP contribution in [0.25, 0.3) is 0 Å². The molecule has 0 aliphatic heterocycles. The summed E-state index contributed by atoms with van der Waals surface area (Å²) in [6, 6.07) is 29.7. The van der Waals surface area contributed by atoms with Crippen molar-refractivity contribution in [2.75, 3.05) is 39.6 Å². The van der Waals surface area contributed by atoms with Crippen LogP contribution in [-0.4, -0.2) is 51.6 Å². The van der Waals surface area contributed by atoms with Crippen LogP contribution in [0.3, 0.4) is 0 Å². The van der Waals surface area contributed by atoms with E-state index in [-0.39, 0.29) is 0 Å². The van der Waals surface area contributed by atoms with Crippen molar-refractivity contribution in [2.45, 2.75) is 0 Å². The van der Waals surface area contributed by atoms with Gasteiger partial charge in [0.25, 0.3) is 0 Å². The Hall–Kier alpha value is -5.68. The molecule has 0 amide bonds. The molecule has 4 aromatic carbocycles. The second kappa shape index (κ2) is 16.7. The summed E-state index contributed by atoms with van der Waals surface area (Å²) in [6.07, 6.45) is 0. The van der Waals surface area contributed by atoms with E-state index >= 15 is 0 Å². The first-order valence-electron chi connectivity index (χ1n) is 13.6. The van der Waals surface area contributed by atoms with E-state index in [1.54, 1.807) is 97.1 Å². The lowest BCUT2D eigenvalue weighted by Crippen LogP contribution is -2.13. The smallest absolute Gasteiger partial charge is 0.343 e. The van der Waals surface area contributed by atoms with Crippen LogP contribution >= 0.6 is 0 Å². The Labute approximate surface area is 254 Å². The molecule has 0 radical (unpaired) electrons. The summed E-state index contributed by atoms with van der Waals surface area (Å²) in [5.74, 6) is 0.882. The van der Waals surface area contributed by atoms with Crippen LogP contribution in [0.4, 0.5) is 0 Å². The molecule has 0 aliphatic rings.